The predicted octanol–water partition coefficient (Wildman–Crippen LogP) is 6.70. The van der Waals surface area contributed by atoms with E-state index in [1.54, 1.807) is 0 Å². The minimum absolute atomic E-state index is 0.972. The zero-order chi connectivity index (χ0) is 21.6. The topological polar surface area (TPSA) is 0 Å². The van der Waals surface area contributed by atoms with Crippen LogP contribution in [0.5, 0.6) is 0 Å². The molecule has 32 heavy (non-hydrogen) atoms. The second-order valence-corrected chi connectivity index (χ2v) is 7.40. The first kappa shape index (κ1) is 19.3. The van der Waals surface area contributed by atoms with Gasteiger partial charge in [-0.15, -0.1) is 11.5 Å². The Hall–Kier alpha value is -4.70. The van der Waals surface area contributed by atoms with Gasteiger partial charge in [0.2, 0.25) is 0 Å². The largest absolute Gasteiger partial charge is 0.112 e. The summed E-state index contributed by atoms with van der Waals surface area (Å²) in [4.78, 5) is 0. The van der Waals surface area contributed by atoms with Crippen LogP contribution in [0.4, 0.5) is 0 Å². The van der Waals surface area contributed by atoms with E-state index in [1.807, 2.05) is 72.8 Å². The lowest BCUT2D eigenvalue weighted by Crippen LogP contribution is -1.82. The highest BCUT2D eigenvalue weighted by atomic mass is 14.0. The van der Waals surface area contributed by atoms with Gasteiger partial charge in [0.25, 0.3) is 0 Å². The summed E-state index contributed by atoms with van der Waals surface area (Å²) >= 11 is 0. The molecule has 0 fully saturated rings. The van der Waals surface area contributed by atoms with Crippen LogP contribution in [0.2, 0.25) is 0 Å². The molecular formula is C32H18. The van der Waals surface area contributed by atoms with Gasteiger partial charge in [0.15, 0.2) is 0 Å². The fraction of sp³-hybridized carbons (Fsp3) is 0. The van der Waals surface area contributed by atoms with Crippen molar-refractivity contribution in [3.63, 3.8) is 0 Å². The summed E-state index contributed by atoms with van der Waals surface area (Å²) in [7, 11) is 0. The van der Waals surface area contributed by atoms with Crippen LogP contribution in [0.25, 0.3) is 11.1 Å². The van der Waals surface area contributed by atoms with Crippen molar-refractivity contribution in [1.29, 1.82) is 0 Å². The molecule has 0 heterocycles. The Bertz CT molecular complexity index is 1360. The van der Waals surface area contributed by atoms with Crippen molar-refractivity contribution < 1.29 is 0 Å². The average Bonchev–Trinajstić information content (AvgIpc) is 3.58. The molecule has 0 saturated carbocycles. The first-order valence-electron chi connectivity index (χ1n) is 10.5. The van der Waals surface area contributed by atoms with Gasteiger partial charge in [0, 0.05) is 33.4 Å². The minimum Gasteiger partial charge on any atom is -0.112 e. The third-order valence-corrected chi connectivity index (χ3v) is 5.17. The standard InChI is InChI=1S/C32H18/c1-2-6-29(5-1)31-21-17-27(18-22-31)15-13-25-9-11-26(12-10-25)14-16-28-19-23-32(24-20-28)30-7-3-4-8-30/h1-5,7,9-12,17-24H. The predicted molar refractivity (Wildman–Crippen MR) is 133 cm³/mol. The van der Waals surface area contributed by atoms with Gasteiger partial charge in [0.05, 0.1) is 0 Å². The molecule has 2 aliphatic carbocycles. The molecule has 0 N–H and O–H groups in total. The van der Waals surface area contributed by atoms with E-state index in [1.165, 1.54) is 0 Å². The lowest BCUT2D eigenvalue weighted by Gasteiger charge is -1.98. The van der Waals surface area contributed by atoms with Gasteiger partial charge in [-0.2, -0.15) is 0 Å². The second-order valence-electron chi connectivity index (χ2n) is 7.40. The SMILES string of the molecule is C1=CC=CC=1c1ccc(C#Cc2ccc(C#Cc3ccc(C4=C=CC=C4)cc3)cc2)cc1. The normalized spacial score (nSPS) is 12.6. The molecule has 3 aromatic carbocycles. The summed E-state index contributed by atoms with van der Waals surface area (Å²) in [5.74, 6) is 12.9. The Morgan fingerprint density at radius 3 is 1.00 bits per heavy atom. The van der Waals surface area contributed by atoms with E-state index < -0.39 is 0 Å². The Morgan fingerprint density at radius 1 is 0.406 bits per heavy atom. The zero-order valence-corrected chi connectivity index (χ0v) is 17.4. The highest BCUT2D eigenvalue weighted by molar-refractivity contribution is 5.77. The molecule has 0 bridgehead atoms. The highest BCUT2D eigenvalue weighted by Gasteiger charge is 2.00. The Labute approximate surface area is 189 Å². The van der Waals surface area contributed by atoms with Gasteiger partial charge in [-0.05, 0) is 84.0 Å². The second kappa shape index (κ2) is 8.98. The highest BCUT2D eigenvalue weighted by Crippen LogP contribution is 2.19. The maximum atomic E-state index is 3.23. The zero-order valence-electron chi connectivity index (χ0n) is 17.4. The van der Waals surface area contributed by atoms with Gasteiger partial charge >= 0.3 is 0 Å². The number of hydrogen-bond acceptors (Lipinski definition) is 0. The molecule has 0 radical (unpaired) electrons. The van der Waals surface area contributed by atoms with E-state index >= 15 is 0 Å². The molecule has 2 aliphatic rings. The fourth-order valence-electron chi connectivity index (χ4n) is 3.41. The maximum absolute atomic E-state index is 3.23. The monoisotopic (exact) mass is 402 g/mol. The van der Waals surface area contributed by atoms with Crippen LogP contribution in [0.15, 0.2) is 121 Å². The smallest absolute Gasteiger partial charge is 0.0249 e. The fourth-order valence-corrected chi connectivity index (χ4v) is 3.41. The molecule has 0 amide bonds. The molecule has 0 unspecified atom stereocenters. The van der Waals surface area contributed by atoms with Crippen LogP contribution in [-0.4, -0.2) is 0 Å². The molecule has 0 nitrogen and oxygen atoms in total. The lowest BCUT2D eigenvalue weighted by atomic mass is 10.0. The van der Waals surface area contributed by atoms with Crippen molar-refractivity contribution in [2.75, 3.05) is 0 Å². The van der Waals surface area contributed by atoms with Gasteiger partial charge in [-0.3, -0.25) is 0 Å². The number of rotatable bonds is 2. The van der Waals surface area contributed by atoms with E-state index in [0.29, 0.717) is 0 Å². The van der Waals surface area contributed by atoms with Gasteiger partial charge in [-0.1, -0.05) is 60.1 Å². The van der Waals surface area contributed by atoms with Crippen molar-refractivity contribution in [1.82, 2.24) is 0 Å². The van der Waals surface area contributed by atoms with E-state index in [9.17, 15) is 0 Å². The maximum Gasteiger partial charge on any atom is 0.0249 e. The van der Waals surface area contributed by atoms with Crippen molar-refractivity contribution in [3.05, 3.63) is 154 Å². The molecule has 146 valence electrons. The summed E-state index contributed by atoms with van der Waals surface area (Å²) in [5.41, 5.74) is 14.9. The van der Waals surface area contributed by atoms with Crippen LogP contribution >= 0.6 is 0 Å². The van der Waals surface area contributed by atoms with Crippen molar-refractivity contribution in [3.8, 4) is 23.7 Å². The third-order valence-electron chi connectivity index (χ3n) is 5.17. The van der Waals surface area contributed by atoms with E-state index in [0.717, 1.165) is 44.5 Å². The van der Waals surface area contributed by atoms with Gasteiger partial charge < -0.3 is 0 Å². The summed E-state index contributed by atoms with van der Waals surface area (Å²) in [5, 5.41) is 0. The average molecular weight is 402 g/mol. The van der Waals surface area contributed by atoms with Crippen LogP contribution in [0.1, 0.15) is 33.4 Å². The van der Waals surface area contributed by atoms with Crippen LogP contribution in [0, 0.1) is 23.7 Å². The van der Waals surface area contributed by atoms with Crippen molar-refractivity contribution in [2.24, 2.45) is 0 Å². The molecule has 0 aromatic heterocycles. The Kier molecular flexibility index (Phi) is 5.41. The number of allylic oxidation sites excluding steroid dienone is 6. The van der Waals surface area contributed by atoms with Crippen molar-refractivity contribution >= 4 is 11.1 Å². The molecule has 5 rings (SSSR count). The Balaban J connectivity index is 1.25. The summed E-state index contributed by atoms with van der Waals surface area (Å²) in [6, 6.07) is 24.6. The molecule has 0 spiro atoms. The van der Waals surface area contributed by atoms with Crippen LogP contribution in [-0.2, 0) is 0 Å². The van der Waals surface area contributed by atoms with Crippen molar-refractivity contribution in [2.45, 2.75) is 0 Å². The van der Waals surface area contributed by atoms with Crippen LogP contribution < -0.4 is 0 Å². The third kappa shape index (κ3) is 4.55. The number of benzene rings is 3. The van der Waals surface area contributed by atoms with Gasteiger partial charge in [0.1, 0.15) is 0 Å². The quantitative estimate of drug-likeness (QED) is 0.330. The first-order chi connectivity index (χ1) is 15.8. The summed E-state index contributed by atoms with van der Waals surface area (Å²) < 4.78 is 0. The molecule has 0 heteroatoms. The summed E-state index contributed by atoms with van der Waals surface area (Å²) in [6.45, 7) is 0. The minimum atomic E-state index is 0.972. The van der Waals surface area contributed by atoms with E-state index in [4.69, 9.17) is 0 Å². The summed E-state index contributed by atoms with van der Waals surface area (Å²) in [6.07, 6.45) is 12.0. The molecule has 0 aliphatic heterocycles. The number of hydrogen-bond donors (Lipinski definition) is 0. The molecular weight excluding hydrogens is 384 g/mol. The molecule has 0 saturated heterocycles. The van der Waals surface area contributed by atoms with Crippen LogP contribution in [0.3, 0.4) is 0 Å². The Morgan fingerprint density at radius 2 is 0.719 bits per heavy atom. The first-order valence-corrected chi connectivity index (χ1v) is 10.5. The molecule has 0 atom stereocenters. The van der Waals surface area contributed by atoms with E-state index in [2.05, 4.69) is 71.6 Å². The molecule has 3 aromatic rings. The van der Waals surface area contributed by atoms with Gasteiger partial charge in [-0.25, -0.2) is 0 Å². The van der Waals surface area contributed by atoms with E-state index in [-0.39, 0.29) is 0 Å². The lowest BCUT2D eigenvalue weighted by molar-refractivity contribution is 1.57.